The lowest BCUT2D eigenvalue weighted by molar-refractivity contribution is -0.139. The monoisotopic (exact) mass is 513 g/mol. The fourth-order valence-corrected chi connectivity index (χ4v) is 6.06. The number of hydrogen-bond acceptors (Lipinski definition) is 5. The molecule has 2 aromatic carbocycles. The van der Waals surface area contributed by atoms with Gasteiger partial charge < -0.3 is 9.30 Å². The summed E-state index contributed by atoms with van der Waals surface area (Å²) in [6, 6.07) is 15.7. The Labute approximate surface area is 219 Å². The molecule has 0 spiro atoms. The Kier molecular flexibility index (Phi) is 6.50. The molecule has 5 rings (SSSR count). The van der Waals surface area contributed by atoms with Crippen molar-refractivity contribution < 1.29 is 9.53 Å². The van der Waals surface area contributed by atoms with Crippen LogP contribution in [-0.4, -0.2) is 21.7 Å². The van der Waals surface area contributed by atoms with Gasteiger partial charge in [-0.2, -0.15) is 0 Å². The molecule has 7 heteroatoms. The number of carbonyl (C=O) groups excluding carboxylic acids is 1. The van der Waals surface area contributed by atoms with Crippen LogP contribution < -0.4 is 14.9 Å². The number of carbonyl (C=O) groups is 1. The number of hydrogen-bond donors (Lipinski definition) is 0. The van der Waals surface area contributed by atoms with E-state index in [-0.39, 0.29) is 12.2 Å². The van der Waals surface area contributed by atoms with Gasteiger partial charge in [0.2, 0.25) is 0 Å². The number of rotatable bonds is 5. The number of benzene rings is 2. The summed E-state index contributed by atoms with van der Waals surface area (Å²) in [5.41, 5.74) is 6.08. The van der Waals surface area contributed by atoms with Crippen molar-refractivity contribution >= 4 is 34.3 Å². The van der Waals surface area contributed by atoms with Crippen LogP contribution in [0.15, 0.2) is 69.6 Å². The Balaban J connectivity index is 1.75. The molecule has 0 saturated heterocycles. The first-order valence-electron chi connectivity index (χ1n) is 12.6. The van der Waals surface area contributed by atoms with Gasteiger partial charge in [0.1, 0.15) is 0 Å². The maximum absolute atomic E-state index is 14.0. The van der Waals surface area contributed by atoms with Crippen LogP contribution in [0.25, 0.3) is 17.0 Å². The highest BCUT2D eigenvalue weighted by atomic mass is 32.1. The third-order valence-corrected chi connectivity index (χ3v) is 8.14. The van der Waals surface area contributed by atoms with Gasteiger partial charge in [0.25, 0.3) is 5.56 Å². The number of aromatic nitrogens is 2. The molecule has 0 aliphatic carbocycles. The molecule has 0 amide bonds. The van der Waals surface area contributed by atoms with Gasteiger partial charge in [-0.25, -0.2) is 9.79 Å². The number of allylic oxidation sites excluding steroid dienone is 1. The van der Waals surface area contributed by atoms with Crippen LogP contribution in [0, 0.1) is 6.92 Å². The average Bonchev–Trinajstić information content (AvgIpc) is 3.32. The largest absolute Gasteiger partial charge is 0.463 e. The minimum Gasteiger partial charge on any atom is -0.463 e. The highest BCUT2D eigenvalue weighted by Crippen LogP contribution is 2.32. The van der Waals surface area contributed by atoms with Crippen LogP contribution in [0.4, 0.5) is 0 Å². The van der Waals surface area contributed by atoms with E-state index in [1.54, 1.807) is 11.5 Å². The number of ether oxygens (including phenoxy) is 1. The standard InChI is InChI=1S/C30H31N3O3S/c1-7-36-29(35)26-18(4)31-30-33(27(26)21-14-12-20(13-15-21)17(2)3)28(34)25(37-30)16-23-19(5)32(6)24-11-9-8-10-22(23)24/h8-17,27H,7H2,1-6H3. The Morgan fingerprint density at radius 2 is 1.84 bits per heavy atom. The van der Waals surface area contributed by atoms with Crippen molar-refractivity contribution in [2.24, 2.45) is 12.0 Å². The molecule has 4 aromatic rings. The summed E-state index contributed by atoms with van der Waals surface area (Å²) in [5.74, 6) is -0.0670. The van der Waals surface area contributed by atoms with E-state index in [0.717, 1.165) is 27.7 Å². The van der Waals surface area contributed by atoms with E-state index in [1.165, 1.54) is 16.9 Å². The zero-order chi connectivity index (χ0) is 26.4. The van der Waals surface area contributed by atoms with Crippen molar-refractivity contribution in [3.05, 3.63) is 102 Å². The number of thiazole rings is 1. The quantitative estimate of drug-likeness (QED) is 0.363. The highest BCUT2D eigenvalue weighted by molar-refractivity contribution is 7.07. The second kappa shape index (κ2) is 9.63. The summed E-state index contributed by atoms with van der Waals surface area (Å²) in [4.78, 5) is 32.4. The first-order chi connectivity index (χ1) is 17.7. The molecule has 1 unspecified atom stereocenters. The predicted octanol–water partition coefficient (Wildman–Crippen LogP) is 4.72. The van der Waals surface area contributed by atoms with Crippen LogP contribution in [0.2, 0.25) is 0 Å². The second-order valence-electron chi connectivity index (χ2n) is 9.70. The lowest BCUT2D eigenvalue weighted by Crippen LogP contribution is -2.40. The van der Waals surface area contributed by atoms with Gasteiger partial charge in [0.15, 0.2) is 4.80 Å². The number of nitrogens with zero attached hydrogens (tertiary/aromatic N) is 3. The van der Waals surface area contributed by atoms with E-state index in [4.69, 9.17) is 9.73 Å². The van der Waals surface area contributed by atoms with Crippen molar-refractivity contribution in [1.29, 1.82) is 0 Å². The Bertz CT molecular complexity index is 1730. The Hall–Kier alpha value is -3.71. The summed E-state index contributed by atoms with van der Waals surface area (Å²) >= 11 is 1.35. The highest BCUT2D eigenvalue weighted by Gasteiger charge is 2.33. The molecule has 0 saturated carbocycles. The molecule has 0 radical (unpaired) electrons. The molecule has 2 aromatic heterocycles. The molecular formula is C30H31N3O3S. The van der Waals surface area contributed by atoms with Gasteiger partial charge in [-0.15, -0.1) is 0 Å². The first-order valence-corrected chi connectivity index (χ1v) is 13.4. The van der Waals surface area contributed by atoms with Crippen LogP contribution in [0.3, 0.4) is 0 Å². The zero-order valence-corrected chi connectivity index (χ0v) is 22.8. The Morgan fingerprint density at radius 3 is 2.51 bits per heavy atom. The third-order valence-electron chi connectivity index (χ3n) is 7.16. The van der Waals surface area contributed by atoms with E-state index in [1.807, 2.05) is 44.3 Å². The lowest BCUT2D eigenvalue weighted by atomic mass is 9.93. The van der Waals surface area contributed by atoms with Crippen molar-refractivity contribution in [2.45, 2.75) is 46.6 Å². The molecule has 0 bridgehead atoms. The minimum absolute atomic E-state index is 0.164. The predicted molar refractivity (Wildman–Crippen MR) is 149 cm³/mol. The second-order valence-corrected chi connectivity index (χ2v) is 10.7. The number of para-hydroxylation sites is 1. The van der Waals surface area contributed by atoms with E-state index in [2.05, 4.69) is 49.6 Å². The van der Waals surface area contributed by atoms with Crippen molar-refractivity contribution in [3.8, 4) is 0 Å². The molecule has 0 N–H and O–H groups in total. The molecule has 0 fully saturated rings. The van der Waals surface area contributed by atoms with E-state index < -0.39 is 12.0 Å². The maximum atomic E-state index is 14.0. The van der Waals surface area contributed by atoms with E-state index in [9.17, 15) is 9.59 Å². The molecule has 6 nitrogen and oxygen atoms in total. The normalized spacial score (nSPS) is 15.9. The van der Waals surface area contributed by atoms with Gasteiger partial charge in [0.05, 0.1) is 28.5 Å². The molecule has 37 heavy (non-hydrogen) atoms. The topological polar surface area (TPSA) is 65.6 Å². The molecule has 3 heterocycles. The number of fused-ring (bicyclic) bond motifs is 2. The summed E-state index contributed by atoms with van der Waals surface area (Å²) in [7, 11) is 2.03. The van der Waals surface area contributed by atoms with Crippen molar-refractivity contribution in [1.82, 2.24) is 9.13 Å². The first kappa shape index (κ1) is 25.0. The van der Waals surface area contributed by atoms with Crippen LogP contribution in [-0.2, 0) is 16.6 Å². The number of esters is 1. The summed E-state index contributed by atoms with van der Waals surface area (Å²) in [6.07, 6.45) is 1.96. The number of aryl methyl sites for hydroxylation is 1. The SMILES string of the molecule is CCOC(=O)C1=C(C)N=c2sc(=Cc3c(C)n(C)c4ccccc34)c(=O)n2C1c1ccc(C(C)C)cc1. The van der Waals surface area contributed by atoms with Crippen LogP contribution in [0.1, 0.15) is 62.0 Å². The molecule has 1 atom stereocenters. The van der Waals surface area contributed by atoms with Gasteiger partial charge >= 0.3 is 5.97 Å². The molecular weight excluding hydrogens is 482 g/mol. The third kappa shape index (κ3) is 4.17. The molecule has 1 aliphatic rings. The van der Waals surface area contributed by atoms with Gasteiger partial charge in [0, 0.05) is 29.2 Å². The van der Waals surface area contributed by atoms with Crippen LogP contribution in [0.5, 0.6) is 0 Å². The average molecular weight is 514 g/mol. The van der Waals surface area contributed by atoms with Crippen molar-refractivity contribution in [3.63, 3.8) is 0 Å². The summed E-state index contributed by atoms with van der Waals surface area (Å²) in [6.45, 7) is 10.2. The van der Waals surface area contributed by atoms with E-state index >= 15 is 0 Å². The summed E-state index contributed by atoms with van der Waals surface area (Å²) in [5, 5.41) is 1.09. The fourth-order valence-electron chi connectivity index (χ4n) is 5.03. The zero-order valence-electron chi connectivity index (χ0n) is 22.0. The summed E-state index contributed by atoms with van der Waals surface area (Å²) < 4.78 is 9.79. The van der Waals surface area contributed by atoms with Gasteiger partial charge in [-0.1, -0.05) is 67.6 Å². The minimum atomic E-state index is -0.604. The Morgan fingerprint density at radius 1 is 1.14 bits per heavy atom. The smallest absolute Gasteiger partial charge is 0.338 e. The lowest BCUT2D eigenvalue weighted by Gasteiger charge is -2.25. The molecule has 1 aliphatic heterocycles. The van der Waals surface area contributed by atoms with Gasteiger partial charge in [-0.3, -0.25) is 9.36 Å². The maximum Gasteiger partial charge on any atom is 0.338 e. The van der Waals surface area contributed by atoms with Crippen LogP contribution >= 0.6 is 11.3 Å². The fraction of sp³-hybridized carbons (Fsp3) is 0.300. The van der Waals surface area contributed by atoms with Crippen molar-refractivity contribution in [2.75, 3.05) is 6.61 Å². The van der Waals surface area contributed by atoms with E-state index in [0.29, 0.717) is 26.5 Å². The molecule has 190 valence electrons. The van der Waals surface area contributed by atoms with Gasteiger partial charge in [-0.05, 0) is 50.0 Å².